The summed E-state index contributed by atoms with van der Waals surface area (Å²) in [5.74, 6) is -0.923. The molecule has 3 rings (SSSR count). The molecule has 3 unspecified atom stereocenters. The number of carbonyl (C=O) groups is 1. The molecule has 7 heteroatoms. The minimum atomic E-state index is -4.59. The number of carboxylic acids is 1. The van der Waals surface area contributed by atoms with Gasteiger partial charge in [0, 0.05) is 19.5 Å². The van der Waals surface area contributed by atoms with Crippen molar-refractivity contribution in [2.45, 2.75) is 76.0 Å². The van der Waals surface area contributed by atoms with Gasteiger partial charge in [0.05, 0.1) is 10.3 Å². The molecule has 0 saturated heterocycles. The molecule has 0 amide bonds. The SMILES string of the molecule is CC(C)c1cc2c(cc1S(=O)(=O)[O-])C1(C)CCCC(C)(C(=O)O)C1CC2.[Zn]. The monoisotopic (exact) mass is 443 g/mol. The van der Waals surface area contributed by atoms with Crippen molar-refractivity contribution in [1.82, 2.24) is 0 Å². The van der Waals surface area contributed by atoms with Crippen LogP contribution in [0.1, 0.15) is 76.0 Å². The van der Waals surface area contributed by atoms with Crippen molar-refractivity contribution < 1.29 is 42.3 Å². The third kappa shape index (κ3) is 3.51. The van der Waals surface area contributed by atoms with Crippen molar-refractivity contribution >= 4 is 16.1 Å². The number of aryl methyl sites for hydroxylation is 1. The Kier molecular flexibility index (Phi) is 6.03. The van der Waals surface area contributed by atoms with E-state index in [0.29, 0.717) is 12.0 Å². The fourth-order valence-electron chi connectivity index (χ4n) is 5.44. The largest absolute Gasteiger partial charge is 0.744 e. The number of aliphatic carboxylic acids is 1. The Morgan fingerprint density at radius 1 is 1.26 bits per heavy atom. The zero-order chi connectivity index (χ0) is 19.5. The van der Waals surface area contributed by atoms with Gasteiger partial charge < -0.3 is 9.66 Å². The molecule has 2 aliphatic rings. The maximum absolute atomic E-state index is 12.0. The van der Waals surface area contributed by atoms with Gasteiger partial charge in [0.2, 0.25) is 0 Å². The van der Waals surface area contributed by atoms with Crippen LogP contribution in [0.3, 0.4) is 0 Å². The molecule has 1 aromatic rings. The second kappa shape index (κ2) is 7.24. The van der Waals surface area contributed by atoms with Crippen LogP contribution in [-0.2, 0) is 46.2 Å². The molecule has 0 spiro atoms. The molecule has 0 radical (unpaired) electrons. The Hall–Kier alpha value is -0.777. The number of hydrogen-bond donors (Lipinski definition) is 1. The van der Waals surface area contributed by atoms with Gasteiger partial charge in [0.1, 0.15) is 10.1 Å². The van der Waals surface area contributed by atoms with Crippen LogP contribution in [0, 0.1) is 11.3 Å². The molecule has 0 aromatic heterocycles. The Morgan fingerprint density at radius 3 is 2.41 bits per heavy atom. The van der Waals surface area contributed by atoms with Crippen LogP contribution in [0.25, 0.3) is 0 Å². The second-order valence-electron chi connectivity index (χ2n) is 8.74. The summed E-state index contributed by atoms with van der Waals surface area (Å²) in [4.78, 5) is 11.9. The summed E-state index contributed by atoms with van der Waals surface area (Å²) in [5.41, 5.74) is 1.25. The van der Waals surface area contributed by atoms with Crippen LogP contribution >= 0.6 is 0 Å². The van der Waals surface area contributed by atoms with E-state index in [2.05, 4.69) is 0 Å². The smallest absolute Gasteiger partial charge is 0.309 e. The van der Waals surface area contributed by atoms with E-state index in [1.165, 1.54) is 0 Å². The first-order chi connectivity index (χ1) is 11.9. The third-order valence-electron chi connectivity index (χ3n) is 6.86. The number of rotatable bonds is 3. The van der Waals surface area contributed by atoms with Crippen molar-refractivity contribution in [1.29, 1.82) is 0 Å². The Balaban J connectivity index is 0.00000261. The van der Waals surface area contributed by atoms with E-state index < -0.39 is 26.9 Å². The van der Waals surface area contributed by atoms with E-state index in [9.17, 15) is 22.9 Å². The van der Waals surface area contributed by atoms with Gasteiger partial charge in [-0.2, -0.15) is 0 Å². The fraction of sp³-hybridized carbons (Fsp3) is 0.650. The predicted molar refractivity (Wildman–Crippen MR) is 97.3 cm³/mol. The summed E-state index contributed by atoms with van der Waals surface area (Å²) in [6, 6.07) is 3.44. The molecule has 5 nitrogen and oxygen atoms in total. The van der Waals surface area contributed by atoms with Crippen LogP contribution < -0.4 is 0 Å². The van der Waals surface area contributed by atoms with Gasteiger partial charge in [0.25, 0.3) is 0 Å². The Labute approximate surface area is 174 Å². The molecule has 146 valence electrons. The van der Waals surface area contributed by atoms with Crippen LogP contribution in [0.4, 0.5) is 0 Å². The summed E-state index contributed by atoms with van der Waals surface area (Å²) < 4.78 is 35.7. The van der Waals surface area contributed by atoms with E-state index >= 15 is 0 Å². The maximum Gasteiger partial charge on any atom is 0.309 e. The molecule has 2 aliphatic carbocycles. The zero-order valence-electron chi connectivity index (χ0n) is 16.5. The molecule has 0 bridgehead atoms. The normalized spacial score (nSPS) is 30.2. The Bertz CT molecular complexity index is 863. The van der Waals surface area contributed by atoms with Crippen molar-refractivity contribution in [3.05, 3.63) is 28.8 Å². The first-order valence-electron chi connectivity index (χ1n) is 9.28. The second-order valence-corrected chi connectivity index (χ2v) is 10.1. The van der Waals surface area contributed by atoms with Gasteiger partial charge in [-0.3, -0.25) is 4.79 Å². The van der Waals surface area contributed by atoms with Crippen molar-refractivity contribution in [2.75, 3.05) is 0 Å². The van der Waals surface area contributed by atoms with E-state index in [4.69, 9.17) is 0 Å². The number of benzene rings is 1. The first-order valence-corrected chi connectivity index (χ1v) is 10.7. The van der Waals surface area contributed by atoms with Crippen LogP contribution in [0.5, 0.6) is 0 Å². The number of carboxylic acid groups (broad SMARTS) is 1. The molecule has 27 heavy (non-hydrogen) atoms. The molecular weight excluding hydrogens is 418 g/mol. The molecule has 0 heterocycles. The minimum absolute atomic E-state index is 0. The van der Waals surface area contributed by atoms with Gasteiger partial charge in [0.15, 0.2) is 0 Å². The number of fused-ring (bicyclic) bond motifs is 3. The van der Waals surface area contributed by atoms with E-state index in [1.807, 2.05) is 33.8 Å². The maximum atomic E-state index is 12.0. The summed E-state index contributed by atoms with van der Waals surface area (Å²) >= 11 is 0. The summed E-state index contributed by atoms with van der Waals surface area (Å²) in [5, 5.41) is 9.85. The van der Waals surface area contributed by atoms with Gasteiger partial charge in [-0.1, -0.05) is 33.3 Å². The molecule has 1 aromatic carbocycles. The average Bonchev–Trinajstić information content (AvgIpc) is 2.52. The van der Waals surface area contributed by atoms with E-state index in [0.717, 1.165) is 36.8 Å². The van der Waals surface area contributed by atoms with Crippen LogP contribution in [-0.4, -0.2) is 24.0 Å². The van der Waals surface area contributed by atoms with Gasteiger partial charge in [-0.15, -0.1) is 0 Å². The van der Waals surface area contributed by atoms with Gasteiger partial charge >= 0.3 is 5.97 Å². The standard InChI is InChI=1S/C20H28O5S.Zn/c1-12(2)14-10-13-6-7-17-19(3,8-5-9-20(17,4)18(21)22)15(13)11-16(14)26(23,24)25;/h10-12,17H,5-9H2,1-4H3,(H,21,22)(H,23,24,25);/p-1. The van der Waals surface area contributed by atoms with Crippen molar-refractivity contribution in [3.63, 3.8) is 0 Å². The predicted octanol–water partition coefficient (Wildman–Crippen LogP) is 3.81. The number of hydrogen-bond acceptors (Lipinski definition) is 4. The molecule has 1 saturated carbocycles. The van der Waals surface area contributed by atoms with E-state index in [1.54, 1.807) is 6.07 Å². The van der Waals surface area contributed by atoms with E-state index in [-0.39, 0.29) is 36.2 Å². The third-order valence-corrected chi connectivity index (χ3v) is 7.76. The quantitative estimate of drug-likeness (QED) is 0.565. The zero-order valence-corrected chi connectivity index (χ0v) is 20.3. The van der Waals surface area contributed by atoms with Crippen molar-refractivity contribution in [2.24, 2.45) is 11.3 Å². The topological polar surface area (TPSA) is 94.5 Å². The minimum Gasteiger partial charge on any atom is -0.744 e. The summed E-state index contributed by atoms with van der Waals surface area (Å²) in [7, 11) is -4.59. The molecule has 3 atom stereocenters. The first kappa shape index (κ1) is 22.5. The fourth-order valence-corrected chi connectivity index (χ4v) is 6.29. The van der Waals surface area contributed by atoms with Gasteiger partial charge in [-0.05, 0) is 72.6 Å². The summed E-state index contributed by atoms with van der Waals surface area (Å²) in [6.07, 6.45) is 3.72. The molecule has 1 fully saturated rings. The van der Waals surface area contributed by atoms with Crippen molar-refractivity contribution in [3.8, 4) is 0 Å². The molecule has 0 aliphatic heterocycles. The Morgan fingerprint density at radius 2 is 1.89 bits per heavy atom. The molecule has 1 N–H and O–H groups in total. The average molecular weight is 445 g/mol. The van der Waals surface area contributed by atoms with Gasteiger partial charge in [-0.25, -0.2) is 8.42 Å². The summed E-state index contributed by atoms with van der Waals surface area (Å²) in [6.45, 7) is 7.63. The molecular formula is C20H27O5SZn-. The van der Waals surface area contributed by atoms with Crippen LogP contribution in [0.15, 0.2) is 17.0 Å². The van der Waals surface area contributed by atoms with Crippen LogP contribution in [0.2, 0.25) is 0 Å².